The zero-order valence-electron chi connectivity index (χ0n) is 14.3. The summed E-state index contributed by atoms with van der Waals surface area (Å²) in [5.74, 6) is -0.342. The van der Waals surface area contributed by atoms with Crippen LogP contribution in [0.4, 0.5) is 5.82 Å². The average Bonchev–Trinajstić information content (AvgIpc) is 3.17. The van der Waals surface area contributed by atoms with Crippen LogP contribution in [0.3, 0.4) is 0 Å². The van der Waals surface area contributed by atoms with Gasteiger partial charge in [-0.1, -0.05) is 30.3 Å². The van der Waals surface area contributed by atoms with Gasteiger partial charge < -0.3 is 5.32 Å². The first kappa shape index (κ1) is 16.8. The molecule has 1 saturated heterocycles. The third-order valence-electron chi connectivity index (χ3n) is 4.67. The van der Waals surface area contributed by atoms with E-state index in [-0.39, 0.29) is 17.4 Å². The number of aromatic amines is 1. The second-order valence-electron chi connectivity index (χ2n) is 6.58. The molecule has 1 fully saturated rings. The first-order valence-corrected chi connectivity index (χ1v) is 10.2. The third-order valence-corrected chi connectivity index (χ3v) is 6.49. The Balaban J connectivity index is 1.68. The number of nitrogens with one attached hydrogen (secondary N) is 2. The van der Waals surface area contributed by atoms with E-state index in [4.69, 9.17) is 0 Å². The summed E-state index contributed by atoms with van der Waals surface area (Å²) >= 11 is 0. The summed E-state index contributed by atoms with van der Waals surface area (Å²) in [5.41, 5.74) is 2.24. The molecule has 0 radical (unpaired) electrons. The quantitative estimate of drug-likeness (QED) is 0.726. The van der Waals surface area contributed by atoms with Crippen molar-refractivity contribution in [2.75, 3.05) is 16.8 Å². The molecule has 2 aromatic heterocycles. The number of rotatable bonds is 3. The lowest BCUT2D eigenvalue weighted by atomic mass is 10.0. The van der Waals surface area contributed by atoms with Gasteiger partial charge in [0.25, 0.3) is 0 Å². The fraction of sp³-hybridized carbons (Fsp3) is 0.353. The van der Waals surface area contributed by atoms with Gasteiger partial charge >= 0.3 is 0 Å². The number of sulfone groups is 1. The van der Waals surface area contributed by atoms with Gasteiger partial charge in [0, 0.05) is 12.6 Å². The largest absolute Gasteiger partial charge is 0.310 e. The summed E-state index contributed by atoms with van der Waals surface area (Å²) in [4.78, 5) is 12.6. The smallest absolute Gasteiger partial charge is 0.229 e. The summed E-state index contributed by atoms with van der Waals surface area (Å²) in [7, 11) is -1.36. The molecule has 0 aliphatic carbocycles. The monoisotopic (exact) mass is 373 g/mol. The van der Waals surface area contributed by atoms with Crippen LogP contribution in [0.1, 0.15) is 12.8 Å². The van der Waals surface area contributed by atoms with Gasteiger partial charge in [0.1, 0.15) is 11.5 Å². The van der Waals surface area contributed by atoms with Crippen molar-refractivity contribution in [2.24, 2.45) is 13.0 Å². The molecule has 3 aromatic rings. The van der Waals surface area contributed by atoms with Crippen molar-refractivity contribution in [3.8, 4) is 11.3 Å². The van der Waals surface area contributed by atoms with E-state index in [1.807, 2.05) is 30.3 Å². The molecular formula is C17H19N5O3S. The summed E-state index contributed by atoms with van der Waals surface area (Å²) < 4.78 is 25.3. The van der Waals surface area contributed by atoms with Crippen molar-refractivity contribution in [3.05, 3.63) is 30.3 Å². The lowest BCUT2D eigenvalue weighted by Crippen LogP contribution is -2.34. The number of aryl methyl sites for hydroxylation is 1. The molecule has 1 aliphatic heterocycles. The van der Waals surface area contributed by atoms with E-state index in [1.54, 1.807) is 11.7 Å². The highest BCUT2D eigenvalue weighted by molar-refractivity contribution is 7.91. The average molecular weight is 373 g/mol. The fourth-order valence-electron chi connectivity index (χ4n) is 3.38. The highest BCUT2D eigenvalue weighted by Crippen LogP contribution is 2.32. The van der Waals surface area contributed by atoms with Gasteiger partial charge in [0.2, 0.25) is 5.91 Å². The molecule has 3 heterocycles. The zero-order valence-corrected chi connectivity index (χ0v) is 15.1. The maximum absolute atomic E-state index is 12.6. The molecule has 4 rings (SSSR count). The number of H-pyrrole nitrogens is 1. The van der Waals surface area contributed by atoms with Crippen molar-refractivity contribution >= 4 is 32.6 Å². The molecule has 1 aromatic carbocycles. The van der Waals surface area contributed by atoms with E-state index in [2.05, 4.69) is 20.6 Å². The van der Waals surface area contributed by atoms with Crippen LogP contribution in [0, 0.1) is 5.92 Å². The van der Waals surface area contributed by atoms with E-state index in [0.29, 0.717) is 35.4 Å². The number of aromatic nitrogens is 4. The van der Waals surface area contributed by atoms with E-state index < -0.39 is 15.8 Å². The van der Waals surface area contributed by atoms with Crippen LogP contribution in [0.15, 0.2) is 30.3 Å². The molecule has 9 heteroatoms. The highest BCUT2D eigenvalue weighted by atomic mass is 32.2. The Morgan fingerprint density at radius 3 is 2.81 bits per heavy atom. The van der Waals surface area contributed by atoms with Gasteiger partial charge in [-0.3, -0.25) is 9.89 Å². The molecule has 1 unspecified atom stereocenters. The van der Waals surface area contributed by atoms with Gasteiger partial charge in [-0.25, -0.2) is 13.1 Å². The SMILES string of the molecule is Cn1nc(-c2ccccc2)c2c(NC(=O)C3CCCS(=O)(=O)C3)[nH]nc21. The topological polar surface area (TPSA) is 110 Å². The minimum atomic E-state index is -3.15. The summed E-state index contributed by atoms with van der Waals surface area (Å²) in [5, 5.41) is 15.1. The number of hydrogen-bond donors (Lipinski definition) is 2. The van der Waals surface area contributed by atoms with E-state index >= 15 is 0 Å². The summed E-state index contributed by atoms with van der Waals surface area (Å²) in [6.07, 6.45) is 1.09. The Hall–Kier alpha value is -2.68. The Morgan fingerprint density at radius 1 is 1.31 bits per heavy atom. The molecule has 0 spiro atoms. The van der Waals surface area contributed by atoms with E-state index in [0.717, 1.165) is 5.56 Å². The lowest BCUT2D eigenvalue weighted by molar-refractivity contribution is -0.119. The fourth-order valence-corrected chi connectivity index (χ4v) is 5.09. The maximum Gasteiger partial charge on any atom is 0.229 e. The third kappa shape index (κ3) is 2.98. The van der Waals surface area contributed by atoms with Crippen molar-refractivity contribution in [3.63, 3.8) is 0 Å². The summed E-state index contributed by atoms with van der Waals surface area (Å²) in [6, 6.07) is 9.63. The number of anilines is 1. The molecule has 1 aliphatic rings. The zero-order chi connectivity index (χ0) is 18.3. The van der Waals surface area contributed by atoms with Gasteiger partial charge in [-0.2, -0.15) is 10.2 Å². The Labute approximate surface area is 150 Å². The number of hydrogen-bond acceptors (Lipinski definition) is 5. The van der Waals surface area contributed by atoms with Crippen LogP contribution in [0.2, 0.25) is 0 Å². The van der Waals surface area contributed by atoms with Crippen LogP contribution in [-0.2, 0) is 21.7 Å². The molecule has 2 N–H and O–H groups in total. The lowest BCUT2D eigenvalue weighted by Gasteiger charge is -2.20. The molecule has 0 bridgehead atoms. The first-order valence-electron chi connectivity index (χ1n) is 8.42. The Kier molecular flexibility index (Phi) is 4.03. The van der Waals surface area contributed by atoms with Gasteiger partial charge in [-0.15, -0.1) is 0 Å². The maximum atomic E-state index is 12.6. The minimum absolute atomic E-state index is 0.102. The number of carbonyl (C=O) groups excluding carboxylic acids is 1. The minimum Gasteiger partial charge on any atom is -0.310 e. The molecule has 1 atom stereocenters. The summed E-state index contributed by atoms with van der Waals surface area (Å²) in [6.45, 7) is 0. The van der Waals surface area contributed by atoms with Crippen molar-refractivity contribution in [2.45, 2.75) is 12.8 Å². The van der Waals surface area contributed by atoms with E-state index in [9.17, 15) is 13.2 Å². The van der Waals surface area contributed by atoms with Gasteiger partial charge in [0.15, 0.2) is 15.5 Å². The first-order chi connectivity index (χ1) is 12.4. The molecular weight excluding hydrogens is 354 g/mol. The van der Waals surface area contributed by atoms with Crippen molar-refractivity contribution in [1.82, 2.24) is 20.0 Å². The number of fused-ring (bicyclic) bond motifs is 1. The highest BCUT2D eigenvalue weighted by Gasteiger charge is 2.31. The van der Waals surface area contributed by atoms with Crippen molar-refractivity contribution in [1.29, 1.82) is 0 Å². The van der Waals surface area contributed by atoms with Crippen molar-refractivity contribution < 1.29 is 13.2 Å². The Bertz CT molecular complexity index is 1070. The standard InChI is InChI=1S/C17H19N5O3S/c1-22-16-13(14(21-22)11-6-3-2-4-7-11)15(19-20-16)18-17(23)12-8-5-9-26(24,25)10-12/h2-4,6-7,12H,5,8-10H2,1H3,(H2,18,19,20,23). The normalized spacial score (nSPS) is 19.5. The molecule has 8 nitrogen and oxygen atoms in total. The number of carbonyl (C=O) groups is 1. The second-order valence-corrected chi connectivity index (χ2v) is 8.81. The number of nitrogens with zero attached hydrogens (tertiary/aromatic N) is 3. The second kappa shape index (κ2) is 6.24. The number of benzene rings is 1. The Morgan fingerprint density at radius 2 is 2.08 bits per heavy atom. The molecule has 26 heavy (non-hydrogen) atoms. The van der Waals surface area contributed by atoms with Gasteiger partial charge in [-0.05, 0) is 12.8 Å². The van der Waals surface area contributed by atoms with Crippen LogP contribution >= 0.6 is 0 Å². The van der Waals surface area contributed by atoms with Crippen LogP contribution in [-0.4, -0.2) is 45.8 Å². The van der Waals surface area contributed by atoms with Crippen LogP contribution in [0.5, 0.6) is 0 Å². The molecule has 0 saturated carbocycles. The van der Waals surface area contributed by atoms with E-state index in [1.165, 1.54) is 0 Å². The molecule has 1 amide bonds. The van der Waals surface area contributed by atoms with Crippen LogP contribution in [0.25, 0.3) is 22.3 Å². The number of amides is 1. The van der Waals surface area contributed by atoms with Crippen LogP contribution < -0.4 is 5.32 Å². The predicted octanol–water partition coefficient (Wildman–Crippen LogP) is 1.73. The molecule has 136 valence electrons. The van der Waals surface area contributed by atoms with Gasteiger partial charge in [0.05, 0.1) is 22.8 Å². The predicted molar refractivity (Wildman–Crippen MR) is 98.3 cm³/mol.